The van der Waals surface area contributed by atoms with Crippen LogP contribution in [-0.4, -0.2) is 56.1 Å². The molecule has 3 aromatic rings. The lowest BCUT2D eigenvalue weighted by atomic mass is 10.0. The summed E-state index contributed by atoms with van der Waals surface area (Å²) >= 11 is 0. The molecule has 27 heavy (non-hydrogen) atoms. The van der Waals surface area contributed by atoms with Gasteiger partial charge in [-0.3, -0.25) is 4.98 Å². The Morgan fingerprint density at radius 1 is 1.19 bits per heavy atom. The smallest absolute Gasteiger partial charge is 0.174 e. The molecule has 3 aromatic heterocycles. The Balaban J connectivity index is 1.55. The topological polar surface area (TPSA) is 75.9 Å². The Kier molecular flexibility index (Phi) is 4.70. The maximum absolute atomic E-state index is 4.81. The second-order valence-corrected chi connectivity index (χ2v) is 7.01. The van der Waals surface area contributed by atoms with Gasteiger partial charge < -0.3 is 9.80 Å². The highest BCUT2D eigenvalue weighted by Gasteiger charge is 2.25. The summed E-state index contributed by atoms with van der Waals surface area (Å²) in [5.74, 6) is 2.52. The molecule has 1 saturated heterocycles. The van der Waals surface area contributed by atoms with E-state index in [1.165, 1.54) is 0 Å². The number of piperidine rings is 1. The van der Waals surface area contributed by atoms with E-state index < -0.39 is 0 Å². The normalized spacial score (nSPS) is 17.1. The van der Waals surface area contributed by atoms with Gasteiger partial charge in [-0.2, -0.15) is 10.2 Å². The molecule has 0 aromatic carbocycles. The first kappa shape index (κ1) is 17.4. The maximum Gasteiger partial charge on any atom is 0.174 e. The van der Waals surface area contributed by atoms with Crippen molar-refractivity contribution >= 4 is 11.6 Å². The molecule has 0 N–H and O–H groups in total. The summed E-state index contributed by atoms with van der Waals surface area (Å²) in [6, 6.07) is 6.32. The van der Waals surface area contributed by atoms with Crippen LogP contribution in [0.1, 0.15) is 24.2 Å². The van der Waals surface area contributed by atoms with Gasteiger partial charge in [0.2, 0.25) is 0 Å². The molecule has 1 aliphatic rings. The van der Waals surface area contributed by atoms with Gasteiger partial charge in [0, 0.05) is 38.1 Å². The third-order valence-electron chi connectivity index (χ3n) is 5.02. The van der Waals surface area contributed by atoms with Crippen LogP contribution in [-0.2, 0) is 0 Å². The Morgan fingerprint density at radius 3 is 2.81 bits per heavy atom. The molecule has 1 aliphatic heterocycles. The second kappa shape index (κ2) is 7.30. The molecule has 0 radical (unpaired) electrons. The van der Waals surface area contributed by atoms with E-state index in [0.717, 1.165) is 54.8 Å². The van der Waals surface area contributed by atoms with Crippen molar-refractivity contribution in [2.75, 3.05) is 29.9 Å². The van der Waals surface area contributed by atoms with E-state index in [-0.39, 0.29) is 0 Å². The van der Waals surface area contributed by atoms with Gasteiger partial charge in [-0.25, -0.2) is 9.67 Å². The number of likely N-dealkylation sites (N-methyl/N-ethyl adjacent to an activating group) is 1. The van der Waals surface area contributed by atoms with Crippen molar-refractivity contribution in [3.05, 3.63) is 48.2 Å². The SMILES string of the molecule is Cc1cc(C)n(-c2cncc(N(C)C3CCCN(c4cccnn4)C3)n2)n1. The van der Waals surface area contributed by atoms with E-state index in [1.54, 1.807) is 12.4 Å². The van der Waals surface area contributed by atoms with Crippen LogP contribution in [0.25, 0.3) is 5.82 Å². The summed E-state index contributed by atoms with van der Waals surface area (Å²) < 4.78 is 1.84. The van der Waals surface area contributed by atoms with Crippen LogP contribution in [0.3, 0.4) is 0 Å². The molecule has 1 fully saturated rings. The van der Waals surface area contributed by atoms with Crippen LogP contribution in [0, 0.1) is 13.8 Å². The van der Waals surface area contributed by atoms with Gasteiger partial charge >= 0.3 is 0 Å². The Morgan fingerprint density at radius 2 is 2.07 bits per heavy atom. The molecular formula is C19H24N8. The minimum absolute atomic E-state index is 0.339. The number of rotatable bonds is 4. The van der Waals surface area contributed by atoms with Crippen molar-refractivity contribution in [2.24, 2.45) is 0 Å². The average molecular weight is 364 g/mol. The highest BCUT2D eigenvalue weighted by Crippen LogP contribution is 2.23. The highest BCUT2D eigenvalue weighted by molar-refractivity contribution is 5.43. The third-order valence-corrected chi connectivity index (χ3v) is 5.02. The van der Waals surface area contributed by atoms with Gasteiger partial charge in [0.15, 0.2) is 11.6 Å². The quantitative estimate of drug-likeness (QED) is 0.702. The minimum atomic E-state index is 0.339. The molecule has 4 heterocycles. The lowest BCUT2D eigenvalue weighted by Crippen LogP contribution is -2.47. The predicted molar refractivity (Wildman–Crippen MR) is 104 cm³/mol. The molecular weight excluding hydrogens is 340 g/mol. The summed E-state index contributed by atoms with van der Waals surface area (Å²) in [7, 11) is 2.08. The number of aryl methyl sites for hydroxylation is 2. The first-order chi connectivity index (χ1) is 13.1. The van der Waals surface area contributed by atoms with Gasteiger partial charge in [0.1, 0.15) is 5.82 Å². The molecule has 0 spiro atoms. The molecule has 140 valence electrons. The van der Waals surface area contributed by atoms with Gasteiger partial charge in [-0.15, -0.1) is 5.10 Å². The fourth-order valence-electron chi connectivity index (χ4n) is 3.61. The van der Waals surface area contributed by atoms with Gasteiger partial charge in [-0.05, 0) is 44.9 Å². The van der Waals surface area contributed by atoms with Crippen LogP contribution in [0.2, 0.25) is 0 Å². The van der Waals surface area contributed by atoms with Crippen molar-refractivity contribution in [1.82, 2.24) is 29.9 Å². The van der Waals surface area contributed by atoms with E-state index in [9.17, 15) is 0 Å². The van der Waals surface area contributed by atoms with Gasteiger partial charge in [0.25, 0.3) is 0 Å². The predicted octanol–water partition coefficient (Wildman–Crippen LogP) is 2.17. The lowest BCUT2D eigenvalue weighted by molar-refractivity contribution is 0.482. The van der Waals surface area contributed by atoms with Gasteiger partial charge in [0.05, 0.1) is 18.1 Å². The zero-order valence-corrected chi connectivity index (χ0v) is 15.9. The van der Waals surface area contributed by atoms with Crippen molar-refractivity contribution in [2.45, 2.75) is 32.7 Å². The van der Waals surface area contributed by atoms with Crippen molar-refractivity contribution in [1.29, 1.82) is 0 Å². The Labute approximate surface area is 158 Å². The molecule has 0 aliphatic carbocycles. The molecule has 8 heteroatoms. The molecule has 8 nitrogen and oxygen atoms in total. The maximum atomic E-state index is 4.81. The Hall–Kier alpha value is -3.03. The Bertz CT molecular complexity index is 907. The lowest BCUT2D eigenvalue weighted by Gasteiger charge is -2.38. The summed E-state index contributed by atoms with van der Waals surface area (Å²) in [6.45, 7) is 5.90. The molecule has 0 saturated carbocycles. The zero-order chi connectivity index (χ0) is 18.8. The molecule has 0 amide bonds. The largest absolute Gasteiger partial charge is 0.354 e. The van der Waals surface area contributed by atoms with Crippen molar-refractivity contribution < 1.29 is 0 Å². The van der Waals surface area contributed by atoms with Gasteiger partial charge in [-0.1, -0.05) is 0 Å². The summed E-state index contributed by atoms with van der Waals surface area (Å²) in [5, 5.41) is 12.8. The van der Waals surface area contributed by atoms with Crippen LogP contribution in [0.4, 0.5) is 11.6 Å². The summed E-state index contributed by atoms with van der Waals surface area (Å²) in [5.41, 5.74) is 2.02. The first-order valence-electron chi connectivity index (χ1n) is 9.23. The molecule has 1 unspecified atom stereocenters. The molecule has 0 bridgehead atoms. The fraction of sp³-hybridized carbons (Fsp3) is 0.421. The van der Waals surface area contributed by atoms with Crippen LogP contribution in [0.15, 0.2) is 36.8 Å². The van der Waals surface area contributed by atoms with E-state index in [2.05, 4.69) is 37.1 Å². The monoisotopic (exact) mass is 364 g/mol. The summed E-state index contributed by atoms with van der Waals surface area (Å²) in [6.07, 6.45) is 7.49. The minimum Gasteiger partial charge on any atom is -0.354 e. The standard InChI is InChI=1S/C19H24N8/c1-14-10-15(2)27(24-14)19-12-20-11-18(22-19)25(3)16-6-5-9-26(13-16)17-7-4-8-21-23-17/h4,7-8,10-12,16H,5-6,9,13H2,1-3H3. The van der Waals surface area contributed by atoms with E-state index >= 15 is 0 Å². The van der Waals surface area contributed by atoms with Crippen molar-refractivity contribution in [3.63, 3.8) is 0 Å². The molecule has 1 atom stereocenters. The third kappa shape index (κ3) is 3.60. The zero-order valence-electron chi connectivity index (χ0n) is 15.9. The van der Waals surface area contributed by atoms with E-state index in [4.69, 9.17) is 4.98 Å². The van der Waals surface area contributed by atoms with Crippen LogP contribution >= 0.6 is 0 Å². The van der Waals surface area contributed by atoms with Crippen LogP contribution in [0.5, 0.6) is 0 Å². The summed E-state index contributed by atoms with van der Waals surface area (Å²) in [4.78, 5) is 13.7. The number of hydrogen-bond acceptors (Lipinski definition) is 7. The number of hydrogen-bond donors (Lipinski definition) is 0. The van der Waals surface area contributed by atoms with E-state index in [1.807, 2.05) is 42.9 Å². The van der Waals surface area contributed by atoms with Crippen LogP contribution < -0.4 is 9.80 Å². The number of anilines is 2. The number of nitrogens with zero attached hydrogens (tertiary/aromatic N) is 8. The molecule has 4 rings (SSSR count). The van der Waals surface area contributed by atoms with E-state index in [0.29, 0.717) is 6.04 Å². The highest BCUT2D eigenvalue weighted by atomic mass is 15.3. The second-order valence-electron chi connectivity index (χ2n) is 7.01. The average Bonchev–Trinajstić information content (AvgIpc) is 3.06. The first-order valence-corrected chi connectivity index (χ1v) is 9.23. The fourth-order valence-corrected chi connectivity index (χ4v) is 3.61. The van der Waals surface area contributed by atoms with Crippen molar-refractivity contribution in [3.8, 4) is 5.82 Å². The number of aromatic nitrogens is 6.